The zero-order valence-electron chi connectivity index (χ0n) is 15.2. The monoisotopic (exact) mass is 340 g/mol. The number of amides is 2. The molecule has 1 N–H and O–H groups in total. The molecule has 0 spiro atoms. The molecular weight excluding hydrogens is 312 g/mol. The first-order chi connectivity index (χ1) is 11.9. The fourth-order valence-electron chi connectivity index (χ4n) is 6.69. The van der Waals surface area contributed by atoms with Crippen LogP contribution in [0.4, 0.5) is 4.79 Å². The summed E-state index contributed by atoms with van der Waals surface area (Å²) in [6, 6.07) is 10.9. The van der Waals surface area contributed by atoms with Gasteiger partial charge in [0.1, 0.15) is 0 Å². The van der Waals surface area contributed by atoms with E-state index in [1.165, 1.54) is 18.4 Å². The van der Waals surface area contributed by atoms with Gasteiger partial charge in [0.15, 0.2) is 0 Å². The minimum atomic E-state index is -0.440. The molecule has 3 atom stereocenters. The van der Waals surface area contributed by atoms with Crippen LogP contribution in [0.2, 0.25) is 0 Å². The van der Waals surface area contributed by atoms with E-state index >= 15 is 0 Å². The Kier molecular flexibility index (Phi) is 3.14. The number of rotatable bonds is 2. The normalized spacial score (nSPS) is 45.5. The molecule has 1 aliphatic heterocycles. The van der Waals surface area contributed by atoms with Crippen molar-refractivity contribution in [3.05, 3.63) is 35.9 Å². The summed E-state index contributed by atoms with van der Waals surface area (Å²) in [6.07, 6.45) is 5.15. The highest BCUT2D eigenvalue weighted by Gasteiger charge is 2.59. The topological polar surface area (TPSA) is 43.8 Å². The Labute approximate surface area is 149 Å². The van der Waals surface area contributed by atoms with Crippen LogP contribution in [0.5, 0.6) is 0 Å². The molecular formula is C21H28N2O2. The number of likely N-dealkylation sites (N-methyl/N-ethyl adjacent to an activating group) is 1. The summed E-state index contributed by atoms with van der Waals surface area (Å²) in [5, 5.41) is 10.8. The Hall–Kier alpha value is -1.55. The molecule has 4 aliphatic carbocycles. The molecule has 0 radical (unpaired) electrons. The van der Waals surface area contributed by atoms with Crippen molar-refractivity contribution in [2.24, 2.45) is 17.8 Å². The highest BCUT2D eigenvalue weighted by Crippen LogP contribution is 2.57. The lowest BCUT2D eigenvalue weighted by molar-refractivity contribution is -0.152. The van der Waals surface area contributed by atoms with E-state index in [1.807, 2.05) is 18.0 Å². The van der Waals surface area contributed by atoms with E-state index in [2.05, 4.69) is 36.1 Å². The van der Waals surface area contributed by atoms with Crippen LogP contribution < -0.4 is 0 Å². The van der Waals surface area contributed by atoms with E-state index in [4.69, 9.17) is 0 Å². The van der Waals surface area contributed by atoms with Crippen molar-refractivity contribution in [2.75, 3.05) is 13.6 Å². The first-order valence-electron chi connectivity index (χ1n) is 9.72. The minimum Gasteiger partial charge on any atom is -0.390 e. The van der Waals surface area contributed by atoms with Crippen molar-refractivity contribution < 1.29 is 9.90 Å². The van der Waals surface area contributed by atoms with Crippen LogP contribution in [0.1, 0.15) is 44.6 Å². The molecule has 5 aliphatic rings. The zero-order valence-corrected chi connectivity index (χ0v) is 15.2. The highest BCUT2D eigenvalue weighted by molar-refractivity contribution is 5.79. The number of nitrogens with zero attached hydrogens (tertiary/aromatic N) is 2. The Balaban J connectivity index is 1.47. The summed E-state index contributed by atoms with van der Waals surface area (Å²) in [5.41, 5.74) is 0.490. The Morgan fingerprint density at radius 1 is 1.08 bits per heavy atom. The lowest BCUT2D eigenvalue weighted by atomic mass is 9.52. The summed E-state index contributed by atoms with van der Waals surface area (Å²) in [4.78, 5) is 17.3. The molecule has 134 valence electrons. The smallest absolute Gasteiger partial charge is 0.320 e. The maximum atomic E-state index is 13.2. The van der Waals surface area contributed by atoms with Gasteiger partial charge in [0.2, 0.25) is 0 Å². The van der Waals surface area contributed by atoms with E-state index in [0.717, 1.165) is 25.8 Å². The first-order valence-corrected chi connectivity index (χ1v) is 9.72. The van der Waals surface area contributed by atoms with E-state index < -0.39 is 5.60 Å². The van der Waals surface area contributed by atoms with E-state index in [9.17, 15) is 9.90 Å². The van der Waals surface area contributed by atoms with Crippen molar-refractivity contribution in [3.63, 3.8) is 0 Å². The van der Waals surface area contributed by atoms with E-state index in [1.54, 1.807) is 0 Å². The van der Waals surface area contributed by atoms with Crippen molar-refractivity contribution in [1.82, 2.24) is 9.80 Å². The molecule has 4 saturated carbocycles. The molecule has 1 aromatic carbocycles. The van der Waals surface area contributed by atoms with Crippen LogP contribution in [-0.2, 0) is 5.54 Å². The SMILES string of the molecule is CN1C(=O)N(C2C3CC4CC2CC(O)(C4)C3)CC1(C)c1ccccc1. The standard InChI is InChI=1S/C21H28N2O2/c1-20(17-6-4-3-5-7-17)13-23(19(24)22(20)2)18-15-8-14-9-16(18)12-21(25,10-14)11-15/h3-7,14-16,18,25H,8-13H2,1-2H3. The average molecular weight is 340 g/mol. The van der Waals surface area contributed by atoms with Crippen molar-refractivity contribution >= 4 is 6.03 Å². The minimum absolute atomic E-state index is 0.163. The van der Waals surface area contributed by atoms with Crippen molar-refractivity contribution in [2.45, 2.75) is 56.2 Å². The molecule has 4 nitrogen and oxygen atoms in total. The number of hydrogen-bond acceptors (Lipinski definition) is 2. The number of aliphatic hydroxyl groups is 1. The van der Waals surface area contributed by atoms with Gasteiger partial charge < -0.3 is 14.9 Å². The predicted octanol–water partition coefficient (Wildman–Crippen LogP) is 3.21. The summed E-state index contributed by atoms with van der Waals surface area (Å²) >= 11 is 0. The number of urea groups is 1. The van der Waals surface area contributed by atoms with E-state index in [0.29, 0.717) is 23.8 Å². The van der Waals surface area contributed by atoms with Gasteiger partial charge in [-0.2, -0.15) is 0 Å². The third-order valence-corrected chi connectivity index (χ3v) is 7.70. The third kappa shape index (κ3) is 2.13. The summed E-state index contributed by atoms with van der Waals surface area (Å²) in [5.74, 6) is 1.63. The zero-order chi connectivity index (χ0) is 17.4. The Morgan fingerprint density at radius 3 is 2.32 bits per heavy atom. The fourth-order valence-corrected chi connectivity index (χ4v) is 6.69. The maximum Gasteiger partial charge on any atom is 0.320 e. The van der Waals surface area contributed by atoms with Gasteiger partial charge in [-0.3, -0.25) is 0 Å². The van der Waals surface area contributed by atoms with Gasteiger partial charge in [-0.15, -0.1) is 0 Å². The number of hydrogen-bond donors (Lipinski definition) is 1. The van der Waals surface area contributed by atoms with Crippen LogP contribution in [-0.4, -0.2) is 46.2 Å². The van der Waals surface area contributed by atoms with Gasteiger partial charge in [0.25, 0.3) is 0 Å². The molecule has 4 bridgehead atoms. The van der Waals surface area contributed by atoms with Crippen molar-refractivity contribution in [3.8, 4) is 0 Å². The van der Waals surface area contributed by atoms with Gasteiger partial charge in [0.05, 0.1) is 17.7 Å². The molecule has 0 aromatic heterocycles. The molecule has 6 rings (SSSR count). The van der Waals surface area contributed by atoms with Crippen molar-refractivity contribution in [1.29, 1.82) is 0 Å². The molecule has 1 heterocycles. The second-order valence-electron chi connectivity index (χ2n) is 9.29. The summed E-state index contributed by atoms with van der Waals surface area (Å²) in [6.45, 7) is 2.94. The largest absolute Gasteiger partial charge is 0.390 e. The molecule has 1 aromatic rings. The average Bonchev–Trinajstić information content (AvgIpc) is 2.79. The fraction of sp³-hybridized carbons (Fsp3) is 0.667. The summed E-state index contributed by atoms with van der Waals surface area (Å²) < 4.78 is 0. The Bertz CT molecular complexity index is 689. The maximum absolute atomic E-state index is 13.2. The van der Waals surface area contributed by atoms with Gasteiger partial charge in [-0.05, 0) is 62.3 Å². The van der Waals surface area contributed by atoms with Crippen LogP contribution in [0.25, 0.3) is 0 Å². The lowest BCUT2D eigenvalue weighted by Crippen LogP contribution is -2.62. The molecule has 5 fully saturated rings. The second-order valence-corrected chi connectivity index (χ2v) is 9.29. The number of benzene rings is 1. The first kappa shape index (κ1) is 15.7. The van der Waals surface area contributed by atoms with Crippen LogP contribution in [0.3, 0.4) is 0 Å². The number of carbonyl (C=O) groups excluding carboxylic acids is 1. The molecule has 1 saturated heterocycles. The van der Waals surface area contributed by atoms with E-state index in [-0.39, 0.29) is 11.6 Å². The van der Waals surface area contributed by atoms with Crippen LogP contribution in [0.15, 0.2) is 30.3 Å². The second kappa shape index (κ2) is 5.00. The molecule has 3 unspecified atom stereocenters. The number of carbonyl (C=O) groups is 1. The quantitative estimate of drug-likeness (QED) is 0.898. The van der Waals surface area contributed by atoms with Crippen LogP contribution >= 0.6 is 0 Å². The molecule has 25 heavy (non-hydrogen) atoms. The highest BCUT2D eigenvalue weighted by atomic mass is 16.3. The molecule has 2 amide bonds. The van der Waals surface area contributed by atoms with Gasteiger partial charge in [0, 0.05) is 13.1 Å². The Morgan fingerprint density at radius 2 is 1.72 bits per heavy atom. The third-order valence-electron chi connectivity index (χ3n) is 7.70. The van der Waals surface area contributed by atoms with Gasteiger partial charge >= 0.3 is 6.03 Å². The van der Waals surface area contributed by atoms with Crippen LogP contribution in [0, 0.1) is 17.8 Å². The van der Waals surface area contributed by atoms with Gasteiger partial charge in [-0.25, -0.2) is 4.79 Å². The summed E-state index contributed by atoms with van der Waals surface area (Å²) in [7, 11) is 1.94. The van der Waals surface area contributed by atoms with Gasteiger partial charge in [-0.1, -0.05) is 30.3 Å². The predicted molar refractivity (Wildman–Crippen MR) is 96.0 cm³/mol. The lowest BCUT2D eigenvalue weighted by Gasteiger charge is -2.59. The molecule has 4 heteroatoms.